The van der Waals surface area contributed by atoms with E-state index in [1.165, 1.54) is 24.2 Å². The van der Waals surface area contributed by atoms with Crippen molar-refractivity contribution in [3.8, 4) is 0 Å². The molecule has 0 amide bonds. The third-order valence-corrected chi connectivity index (χ3v) is 11.1. The standard InChI is InChI=1S/C25H32N6O.C16H22N4O/c1-18-14-24-23(27-15-18)6-7-25(32)31(24)13-12-30-10-8-19(9-11-30)26-16-20-17-28-21-4-2-3-5-22(21)29-20;1-12-10-15-14(18-11-12)2-3-16(21)20(15)9-8-19-6-4-13(17)5-7-19/h6-7,14-15,17,19,26H,2-5,8-13,16H2,1H3;2-3,10-11,13H,4-9,17H2,1H3. The molecule has 8 rings (SSSR count). The second kappa shape index (κ2) is 17.2. The first kappa shape index (κ1) is 37.0. The number of rotatable bonds is 9. The number of nitrogens with two attached hydrogens (primary N) is 1. The van der Waals surface area contributed by atoms with Gasteiger partial charge in [-0.05, 0) is 127 Å². The molecule has 7 heterocycles. The summed E-state index contributed by atoms with van der Waals surface area (Å²) in [5.74, 6) is 0. The predicted octanol–water partition coefficient (Wildman–Crippen LogP) is 3.76. The van der Waals surface area contributed by atoms with E-state index in [1.54, 1.807) is 18.2 Å². The molecule has 0 spiro atoms. The van der Waals surface area contributed by atoms with Gasteiger partial charge in [-0.15, -0.1) is 0 Å². The Labute approximate surface area is 311 Å². The van der Waals surface area contributed by atoms with Crippen molar-refractivity contribution in [2.24, 2.45) is 5.73 Å². The lowest BCUT2D eigenvalue weighted by atomic mass is 10.0. The van der Waals surface area contributed by atoms with Crippen molar-refractivity contribution in [1.29, 1.82) is 0 Å². The maximum absolute atomic E-state index is 12.5. The van der Waals surface area contributed by atoms with Gasteiger partial charge in [-0.3, -0.25) is 29.5 Å². The molecule has 2 aliphatic heterocycles. The SMILES string of the molecule is Cc1cnc2ccc(=O)n(CCN3CCC(N)CC3)c2c1.Cc1cnc2ccc(=O)n(CCN3CCC(NCc4cnc5c(n4)CCCC5)CC3)c2c1. The van der Waals surface area contributed by atoms with E-state index in [4.69, 9.17) is 10.7 Å². The highest BCUT2D eigenvalue weighted by Gasteiger charge is 2.20. The van der Waals surface area contributed by atoms with E-state index in [0.717, 1.165) is 123 Å². The third-order valence-electron chi connectivity index (χ3n) is 11.1. The Morgan fingerprint density at radius 3 is 1.77 bits per heavy atom. The summed E-state index contributed by atoms with van der Waals surface area (Å²) in [7, 11) is 0. The fourth-order valence-corrected chi connectivity index (χ4v) is 7.84. The Morgan fingerprint density at radius 1 is 0.679 bits per heavy atom. The summed E-state index contributed by atoms with van der Waals surface area (Å²) in [6, 6.07) is 11.8. The molecular formula is C41H54N10O2. The van der Waals surface area contributed by atoms with Crippen molar-refractivity contribution in [1.82, 2.24) is 44.2 Å². The monoisotopic (exact) mass is 718 g/mol. The first-order chi connectivity index (χ1) is 25.8. The summed E-state index contributed by atoms with van der Waals surface area (Å²) >= 11 is 0. The van der Waals surface area contributed by atoms with Gasteiger partial charge in [0.05, 0.1) is 45.3 Å². The summed E-state index contributed by atoms with van der Waals surface area (Å²) in [6.45, 7) is 12.1. The fraction of sp³-hybridized carbons (Fsp3) is 0.512. The highest BCUT2D eigenvalue weighted by Crippen LogP contribution is 2.18. The highest BCUT2D eigenvalue weighted by atomic mass is 16.1. The summed E-state index contributed by atoms with van der Waals surface area (Å²) in [4.78, 5) is 47.8. The van der Waals surface area contributed by atoms with Crippen LogP contribution in [0.25, 0.3) is 22.1 Å². The van der Waals surface area contributed by atoms with E-state index in [-0.39, 0.29) is 11.1 Å². The van der Waals surface area contributed by atoms with Crippen molar-refractivity contribution >= 4 is 22.1 Å². The largest absolute Gasteiger partial charge is 0.328 e. The van der Waals surface area contributed by atoms with Crippen LogP contribution < -0.4 is 22.2 Å². The van der Waals surface area contributed by atoms with E-state index in [9.17, 15) is 9.59 Å². The minimum absolute atomic E-state index is 0.0450. The average molecular weight is 719 g/mol. The quantitative estimate of drug-likeness (QED) is 0.232. The molecule has 0 atom stereocenters. The molecule has 2 fully saturated rings. The van der Waals surface area contributed by atoms with Crippen LogP contribution in [0.5, 0.6) is 0 Å². The first-order valence-electron chi connectivity index (χ1n) is 19.5. The molecule has 5 aromatic rings. The predicted molar refractivity (Wildman–Crippen MR) is 210 cm³/mol. The number of aromatic nitrogens is 6. The van der Waals surface area contributed by atoms with Gasteiger partial charge in [0.1, 0.15) is 0 Å². The molecule has 0 aromatic carbocycles. The number of nitrogens with one attached hydrogen (secondary N) is 1. The number of aryl methyl sites for hydroxylation is 4. The van der Waals surface area contributed by atoms with Gasteiger partial charge >= 0.3 is 0 Å². The number of pyridine rings is 4. The molecule has 12 heteroatoms. The van der Waals surface area contributed by atoms with Crippen LogP contribution in [0.2, 0.25) is 0 Å². The van der Waals surface area contributed by atoms with E-state index in [1.807, 2.05) is 53.7 Å². The topological polar surface area (TPSA) is 140 Å². The van der Waals surface area contributed by atoms with Gasteiger partial charge < -0.3 is 30.0 Å². The zero-order valence-electron chi connectivity index (χ0n) is 31.3. The molecule has 1 aliphatic carbocycles. The number of nitrogens with zero attached hydrogens (tertiary/aromatic N) is 8. The van der Waals surface area contributed by atoms with Gasteiger partial charge in [-0.25, -0.2) is 0 Å². The minimum atomic E-state index is 0.0450. The number of hydrogen-bond acceptors (Lipinski definition) is 10. The Balaban J connectivity index is 0.000000179. The number of piperidine rings is 2. The molecule has 5 aromatic heterocycles. The van der Waals surface area contributed by atoms with E-state index < -0.39 is 0 Å². The van der Waals surface area contributed by atoms with Crippen LogP contribution in [-0.2, 0) is 32.5 Å². The van der Waals surface area contributed by atoms with Gasteiger partial charge in [0.15, 0.2) is 0 Å². The average Bonchev–Trinajstić information content (AvgIpc) is 3.17. The first-order valence-corrected chi connectivity index (χ1v) is 19.5. The molecular weight excluding hydrogens is 665 g/mol. The van der Waals surface area contributed by atoms with Crippen molar-refractivity contribution in [3.05, 3.63) is 104 Å². The van der Waals surface area contributed by atoms with Gasteiger partial charge in [-0.1, -0.05) is 0 Å². The molecule has 0 radical (unpaired) electrons. The van der Waals surface area contributed by atoms with Crippen LogP contribution in [0, 0.1) is 13.8 Å². The van der Waals surface area contributed by atoms with Crippen LogP contribution in [0.1, 0.15) is 66.7 Å². The second-order valence-corrected chi connectivity index (χ2v) is 15.1. The molecule has 12 nitrogen and oxygen atoms in total. The molecule has 280 valence electrons. The second-order valence-electron chi connectivity index (χ2n) is 15.1. The van der Waals surface area contributed by atoms with Gasteiger partial charge in [0.2, 0.25) is 0 Å². The molecule has 0 saturated carbocycles. The van der Waals surface area contributed by atoms with Crippen LogP contribution in [-0.4, -0.2) is 90.2 Å². The Kier molecular flexibility index (Phi) is 12.0. The Morgan fingerprint density at radius 2 is 1.21 bits per heavy atom. The maximum Gasteiger partial charge on any atom is 0.251 e. The van der Waals surface area contributed by atoms with Crippen molar-refractivity contribution in [3.63, 3.8) is 0 Å². The molecule has 3 aliphatic rings. The highest BCUT2D eigenvalue weighted by molar-refractivity contribution is 5.75. The van der Waals surface area contributed by atoms with Crippen LogP contribution in [0.3, 0.4) is 0 Å². The minimum Gasteiger partial charge on any atom is -0.328 e. The molecule has 2 saturated heterocycles. The van der Waals surface area contributed by atoms with Crippen LogP contribution in [0.15, 0.2) is 64.6 Å². The van der Waals surface area contributed by atoms with E-state index in [2.05, 4.69) is 36.1 Å². The summed E-state index contributed by atoms with van der Waals surface area (Å²) in [6.07, 6.45) is 14.6. The molecule has 0 bridgehead atoms. The number of hydrogen-bond donors (Lipinski definition) is 2. The lowest BCUT2D eigenvalue weighted by Crippen LogP contribution is -2.43. The van der Waals surface area contributed by atoms with Gasteiger partial charge in [0.25, 0.3) is 11.1 Å². The van der Waals surface area contributed by atoms with E-state index in [0.29, 0.717) is 25.2 Å². The maximum atomic E-state index is 12.5. The molecule has 53 heavy (non-hydrogen) atoms. The number of likely N-dealkylation sites (tertiary alicyclic amines) is 2. The fourth-order valence-electron chi connectivity index (χ4n) is 7.84. The van der Waals surface area contributed by atoms with Crippen molar-refractivity contribution in [2.45, 2.75) is 96.9 Å². The van der Waals surface area contributed by atoms with Gasteiger partial charge in [0, 0.05) is 69.3 Å². The summed E-state index contributed by atoms with van der Waals surface area (Å²) in [5, 5.41) is 3.69. The molecule has 3 N–H and O–H groups in total. The van der Waals surface area contributed by atoms with Crippen LogP contribution in [0.4, 0.5) is 0 Å². The number of fused-ring (bicyclic) bond motifs is 3. The smallest absolute Gasteiger partial charge is 0.251 e. The normalized spacial score (nSPS) is 17.5. The van der Waals surface area contributed by atoms with Crippen molar-refractivity contribution < 1.29 is 0 Å². The van der Waals surface area contributed by atoms with E-state index >= 15 is 0 Å². The van der Waals surface area contributed by atoms with Crippen LogP contribution >= 0.6 is 0 Å². The summed E-state index contributed by atoms with van der Waals surface area (Å²) < 4.78 is 3.71. The Bertz CT molecular complexity index is 2130. The Hall–Kier alpha value is -4.36. The lowest BCUT2D eigenvalue weighted by Gasteiger charge is -2.32. The zero-order chi connectivity index (χ0) is 36.7. The summed E-state index contributed by atoms with van der Waals surface area (Å²) in [5.41, 5.74) is 15.3. The molecule has 0 unspecified atom stereocenters. The zero-order valence-corrected chi connectivity index (χ0v) is 31.3. The van der Waals surface area contributed by atoms with Crippen molar-refractivity contribution in [2.75, 3.05) is 39.3 Å². The third kappa shape index (κ3) is 9.42. The lowest BCUT2D eigenvalue weighted by molar-refractivity contribution is 0.191. The van der Waals surface area contributed by atoms with Gasteiger partial charge in [-0.2, -0.15) is 0 Å².